The SMILES string of the molecule is O=C(Cn1cnnn1)N(CCO)C1CCCC1. The van der Waals surface area contributed by atoms with Gasteiger partial charge >= 0.3 is 0 Å². The Morgan fingerprint density at radius 1 is 1.47 bits per heavy atom. The molecule has 0 bridgehead atoms. The van der Waals surface area contributed by atoms with Gasteiger partial charge in [0.2, 0.25) is 5.91 Å². The Morgan fingerprint density at radius 3 is 2.82 bits per heavy atom. The summed E-state index contributed by atoms with van der Waals surface area (Å²) in [5, 5.41) is 19.7. The van der Waals surface area contributed by atoms with Gasteiger partial charge in [-0.2, -0.15) is 0 Å². The van der Waals surface area contributed by atoms with Gasteiger partial charge in [-0.1, -0.05) is 12.8 Å². The second kappa shape index (κ2) is 5.72. The van der Waals surface area contributed by atoms with E-state index < -0.39 is 0 Å². The number of nitrogens with zero attached hydrogens (tertiary/aromatic N) is 5. The largest absolute Gasteiger partial charge is 0.395 e. The number of hydrogen-bond donors (Lipinski definition) is 1. The van der Waals surface area contributed by atoms with Gasteiger partial charge in [0.15, 0.2) is 0 Å². The maximum absolute atomic E-state index is 12.1. The van der Waals surface area contributed by atoms with Gasteiger partial charge in [-0.15, -0.1) is 5.10 Å². The summed E-state index contributed by atoms with van der Waals surface area (Å²) in [7, 11) is 0. The quantitative estimate of drug-likeness (QED) is 0.744. The van der Waals surface area contributed by atoms with Crippen LogP contribution in [0.2, 0.25) is 0 Å². The molecule has 1 heterocycles. The van der Waals surface area contributed by atoms with E-state index in [1.165, 1.54) is 11.0 Å². The van der Waals surface area contributed by atoms with Gasteiger partial charge in [-0.25, -0.2) is 4.68 Å². The van der Waals surface area contributed by atoms with E-state index in [1.54, 1.807) is 4.90 Å². The summed E-state index contributed by atoms with van der Waals surface area (Å²) in [4.78, 5) is 13.8. The maximum Gasteiger partial charge on any atom is 0.244 e. The van der Waals surface area contributed by atoms with Crippen LogP contribution in [-0.2, 0) is 11.3 Å². The summed E-state index contributed by atoms with van der Waals surface area (Å²) in [6, 6.07) is 0.270. The first-order valence-electron chi connectivity index (χ1n) is 5.92. The normalized spacial score (nSPS) is 16.3. The standard InChI is InChI=1S/C10H17N5O2/c16-6-5-15(9-3-1-2-4-9)10(17)7-14-8-11-12-13-14/h8-9,16H,1-7H2. The molecule has 0 atom stereocenters. The fraction of sp³-hybridized carbons (Fsp3) is 0.800. The van der Waals surface area contributed by atoms with Crippen LogP contribution in [0, 0.1) is 0 Å². The van der Waals surface area contributed by atoms with Gasteiger partial charge in [0.05, 0.1) is 6.61 Å². The van der Waals surface area contributed by atoms with Gasteiger partial charge in [0, 0.05) is 12.6 Å². The molecule has 1 saturated carbocycles. The molecule has 17 heavy (non-hydrogen) atoms. The number of carbonyl (C=O) groups is 1. The second-order valence-corrected chi connectivity index (χ2v) is 4.26. The van der Waals surface area contributed by atoms with Gasteiger partial charge in [0.1, 0.15) is 12.9 Å². The Labute approximate surface area is 99.4 Å². The van der Waals surface area contributed by atoms with E-state index in [1.807, 2.05) is 0 Å². The highest BCUT2D eigenvalue weighted by atomic mass is 16.3. The average molecular weight is 239 g/mol. The summed E-state index contributed by atoms with van der Waals surface area (Å²) >= 11 is 0. The predicted octanol–water partition coefficient (Wildman–Crippen LogP) is -0.563. The molecule has 0 saturated heterocycles. The van der Waals surface area contributed by atoms with E-state index in [0.717, 1.165) is 25.7 Å². The number of aromatic nitrogens is 4. The van der Waals surface area contributed by atoms with Crippen LogP contribution in [0.3, 0.4) is 0 Å². The molecule has 1 aliphatic carbocycles. The molecule has 0 spiro atoms. The van der Waals surface area contributed by atoms with Crippen molar-refractivity contribution in [1.29, 1.82) is 0 Å². The minimum atomic E-state index is -0.0294. The van der Waals surface area contributed by atoms with Crippen molar-refractivity contribution in [1.82, 2.24) is 25.1 Å². The first-order chi connectivity index (χ1) is 8.31. The van der Waals surface area contributed by atoms with Crippen molar-refractivity contribution >= 4 is 5.91 Å². The van der Waals surface area contributed by atoms with Crippen LogP contribution in [0.25, 0.3) is 0 Å². The molecular formula is C10H17N5O2. The van der Waals surface area contributed by atoms with Crippen LogP contribution in [0.15, 0.2) is 6.33 Å². The third-order valence-electron chi connectivity index (χ3n) is 3.12. The lowest BCUT2D eigenvalue weighted by Crippen LogP contribution is -2.42. The zero-order valence-electron chi connectivity index (χ0n) is 9.70. The van der Waals surface area contributed by atoms with Crippen LogP contribution in [0.1, 0.15) is 25.7 Å². The van der Waals surface area contributed by atoms with Crippen molar-refractivity contribution in [3.63, 3.8) is 0 Å². The monoisotopic (exact) mass is 239 g/mol. The number of rotatable bonds is 5. The fourth-order valence-electron chi connectivity index (χ4n) is 2.32. The van der Waals surface area contributed by atoms with E-state index in [-0.39, 0.29) is 25.1 Å². The van der Waals surface area contributed by atoms with Gasteiger partial charge in [0.25, 0.3) is 0 Å². The van der Waals surface area contributed by atoms with Gasteiger partial charge in [-0.05, 0) is 23.3 Å². The van der Waals surface area contributed by atoms with E-state index in [4.69, 9.17) is 5.11 Å². The topological polar surface area (TPSA) is 84.1 Å². The van der Waals surface area contributed by atoms with Crippen LogP contribution < -0.4 is 0 Å². The molecule has 1 aromatic heterocycles. The highest BCUT2D eigenvalue weighted by Crippen LogP contribution is 2.23. The molecule has 7 heteroatoms. The Kier molecular flexibility index (Phi) is 4.03. The van der Waals surface area contributed by atoms with Gasteiger partial charge in [-0.3, -0.25) is 4.79 Å². The molecular weight excluding hydrogens is 222 g/mol. The minimum absolute atomic E-state index is 0.00214. The molecule has 7 nitrogen and oxygen atoms in total. The first-order valence-corrected chi connectivity index (χ1v) is 5.92. The van der Waals surface area contributed by atoms with Crippen molar-refractivity contribution in [2.24, 2.45) is 0 Å². The smallest absolute Gasteiger partial charge is 0.244 e. The maximum atomic E-state index is 12.1. The molecule has 0 aromatic carbocycles. The molecule has 94 valence electrons. The molecule has 1 N–H and O–H groups in total. The number of amides is 1. The summed E-state index contributed by atoms with van der Waals surface area (Å²) in [5.74, 6) is -0.0294. The summed E-state index contributed by atoms with van der Waals surface area (Å²) in [5.41, 5.74) is 0. The molecule has 1 amide bonds. The summed E-state index contributed by atoms with van der Waals surface area (Å²) in [6.07, 6.45) is 5.79. The van der Waals surface area contributed by atoms with Crippen molar-refractivity contribution in [3.05, 3.63) is 6.33 Å². The van der Waals surface area contributed by atoms with Crippen molar-refractivity contribution in [2.75, 3.05) is 13.2 Å². The second-order valence-electron chi connectivity index (χ2n) is 4.26. The van der Waals surface area contributed by atoms with Crippen LogP contribution in [0.4, 0.5) is 0 Å². The Balaban J connectivity index is 1.97. The Bertz CT molecular complexity index is 348. The Morgan fingerprint density at radius 2 is 2.24 bits per heavy atom. The number of hydrogen-bond acceptors (Lipinski definition) is 5. The van der Waals surface area contributed by atoms with Gasteiger partial charge < -0.3 is 10.0 Å². The minimum Gasteiger partial charge on any atom is -0.395 e. The lowest BCUT2D eigenvalue weighted by Gasteiger charge is -2.28. The van der Waals surface area contributed by atoms with E-state index in [9.17, 15) is 4.79 Å². The zero-order chi connectivity index (χ0) is 12.1. The van der Waals surface area contributed by atoms with E-state index in [0.29, 0.717) is 6.54 Å². The molecule has 0 radical (unpaired) electrons. The Hall–Kier alpha value is -1.50. The van der Waals surface area contributed by atoms with Crippen LogP contribution in [-0.4, -0.2) is 55.3 Å². The molecule has 0 aliphatic heterocycles. The molecule has 0 unspecified atom stereocenters. The number of carbonyl (C=O) groups excluding carboxylic acids is 1. The third-order valence-corrected chi connectivity index (χ3v) is 3.12. The van der Waals surface area contributed by atoms with Crippen molar-refractivity contribution in [2.45, 2.75) is 38.3 Å². The third kappa shape index (κ3) is 3.00. The number of tetrazole rings is 1. The molecule has 2 rings (SSSR count). The number of aliphatic hydroxyl groups is 1. The first kappa shape index (κ1) is 12.0. The van der Waals surface area contributed by atoms with Crippen molar-refractivity contribution in [3.8, 4) is 0 Å². The number of aliphatic hydroxyl groups excluding tert-OH is 1. The summed E-state index contributed by atoms with van der Waals surface area (Å²) in [6.45, 7) is 0.535. The average Bonchev–Trinajstić information content (AvgIpc) is 2.97. The van der Waals surface area contributed by atoms with E-state index in [2.05, 4.69) is 15.5 Å². The van der Waals surface area contributed by atoms with E-state index >= 15 is 0 Å². The lowest BCUT2D eigenvalue weighted by molar-refractivity contribution is -0.134. The van der Waals surface area contributed by atoms with Crippen LogP contribution >= 0.6 is 0 Å². The molecule has 1 fully saturated rings. The van der Waals surface area contributed by atoms with Crippen LogP contribution in [0.5, 0.6) is 0 Å². The molecule has 1 aromatic rings. The fourth-order valence-corrected chi connectivity index (χ4v) is 2.32. The highest BCUT2D eigenvalue weighted by molar-refractivity contribution is 5.76. The zero-order valence-corrected chi connectivity index (χ0v) is 9.70. The lowest BCUT2D eigenvalue weighted by atomic mass is 10.2. The summed E-state index contributed by atoms with van der Waals surface area (Å²) < 4.78 is 1.40. The van der Waals surface area contributed by atoms with Crippen molar-refractivity contribution < 1.29 is 9.90 Å². The highest BCUT2D eigenvalue weighted by Gasteiger charge is 2.26. The predicted molar refractivity (Wildman–Crippen MR) is 58.9 cm³/mol. The molecule has 1 aliphatic rings.